The molecule has 2 aromatic carbocycles. The Kier molecular flexibility index (Phi) is 7.27. The van der Waals surface area contributed by atoms with Gasteiger partial charge in [-0.05, 0) is 68.0 Å². The SMILES string of the molecule is C#Cc1cc(-c2ncc(-c3cccc4c3CCC4NCC(=O)CCC)s2)ccc1OC(C)C. The zero-order valence-electron chi connectivity index (χ0n) is 19.5. The summed E-state index contributed by atoms with van der Waals surface area (Å²) in [5.74, 6) is 3.75. The number of rotatable bonds is 9. The molecular weight excluding hydrogens is 428 g/mol. The van der Waals surface area contributed by atoms with Gasteiger partial charge in [-0.1, -0.05) is 31.0 Å². The van der Waals surface area contributed by atoms with Crippen molar-refractivity contribution in [1.82, 2.24) is 10.3 Å². The van der Waals surface area contributed by atoms with E-state index in [2.05, 4.69) is 29.4 Å². The van der Waals surface area contributed by atoms with Crippen LogP contribution in [0.4, 0.5) is 0 Å². The Morgan fingerprint density at radius 1 is 1.33 bits per heavy atom. The Morgan fingerprint density at radius 3 is 2.94 bits per heavy atom. The highest BCUT2D eigenvalue weighted by molar-refractivity contribution is 7.18. The Morgan fingerprint density at radius 2 is 2.18 bits per heavy atom. The zero-order chi connectivity index (χ0) is 23.4. The molecule has 1 aliphatic carbocycles. The number of benzene rings is 2. The van der Waals surface area contributed by atoms with Crippen molar-refractivity contribution in [2.24, 2.45) is 0 Å². The van der Waals surface area contributed by atoms with Crippen molar-refractivity contribution in [2.75, 3.05) is 6.54 Å². The predicted octanol–water partition coefficient (Wildman–Crippen LogP) is 6.19. The third-order valence-electron chi connectivity index (χ3n) is 5.86. The van der Waals surface area contributed by atoms with Crippen LogP contribution in [0.1, 0.15) is 62.8 Å². The minimum atomic E-state index is 0.0673. The number of hydrogen-bond acceptors (Lipinski definition) is 5. The van der Waals surface area contributed by atoms with E-state index in [1.165, 1.54) is 16.7 Å². The normalized spacial score (nSPS) is 14.8. The molecule has 4 nitrogen and oxygen atoms in total. The molecule has 1 N–H and O–H groups in total. The van der Waals surface area contributed by atoms with Crippen molar-refractivity contribution in [3.8, 4) is 39.1 Å². The van der Waals surface area contributed by atoms with Gasteiger partial charge in [0.1, 0.15) is 16.5 Å². The number of ether oxygens (including phenoxy) is 1. The largest absolute Gasteiger partial charge is 0.490 e. The molecular formula is C28H30N2O2S. The van der Waals surface area contributed by atoms with E-state index in [4.69, 9.17) is 16.1 Å². The highest BCUT2D eigenvalue weighted by atomic mass is 32.1. The van der Waals surface area contributed by atoms with Crippen LogP contribution in [0.25, 0.3) is 21.0 Å². The summed E-state index contributed by atoms with van der Waals surface area (Å²) in [6.07, 6.45) is 11.3. The molecule has 1 heterocycles. The maximum Gasteiger partial charge on any atom is 0.146 e. The van der Waals surface area contributed by atoms with E-state index in [9.17, 15) is 4.79 Å². The molecule has 1 unspecified atom stereocenters. The first-order valence-corrected chi connectivity index (χ1v) is 12.4. The number of Topliss-reactive ketones (excluding diaryl/α,β-unsaturated/α-hetero) is 1. The van der Waals surface area contributed by atoms with Gasteiger partial charge < -0.3 is 10.1 Å². The summed E-state index contributed by atoms with van der Waals surface area (Å²) in [6, 6.07) is 12.6. The summed E-state index contributed by atoms with van der Waals surface area (Å²) in [6.45, 7) is 6.46. The van der Waals surface area contributed by atoms with Crippen LogP contribution in [0, 0.1) is 12.3 Å². The second kappa shape index (κ2) is 10.3. The summed E-state index contributed by atoms with van der Waals surface area (Å²) in [7, 11) is 0. The quantitative estimate of drug-likeness (QED) is 0.388. The number of thiazole rings is 1. The number of carbonyl (C=O) groups excluding carboxylic acids is 1. The van der Waals surface area contributed by atoms with Gasteiger partial charge >= 0.3 is 0 Å². The van der Waals surface area contributed by atoms with Crippen LogP contribution in [0.2, 0.25) is 0 Å². The number of fused-ring (bicyclic) bond motifs is 1. The summed E-state index contributed by atoms with van der Waals surface area (Å²) in [4.78, 5) is 17.8. The van der Waals surface area contributed by atoms with Crippen molar-refractivity contribution in [2.45, 2.75) is 58.6 Å². The lowest BCUT2D eigenvalue weighted by Gasteiger charge is -2.14. The zero-order valence-corrected chi connectivity index (χ0v) is 20.3. The number of carbonyl (C=O) groups is 1. The summed E-state index contributed by atoms with van der Waals surface area (Å²) in [5, 5.41) is 4.41. The van der Waals surface area contributed by atoms with Crippen LogP contribution in [-0.2, 0) is 11.2 Å². The molecule has 1 atom stereocenters. The third-order valence-corrected chi connectivity index (χ3v) is 6.94. The molecule has 33 heavy (non-hydrogen) atoms. The van der Waals surface area contributed by atoms with Crippen LogP contribution in [-0.4, -0.2) is 23.4 Å². The van der Waals surface area contributed by atoms with Crippen LogP contribution in [0.3, 0.4) is 0 Å². The molecule has 4 rings (SSSR count). The topological polar surface area (TPSA) is 51.2 Å². The first-order chi connectivity index (χ1) is 16.0. The molecule has 5 heteroatoms. The van der Waals surface area contributed by atoms with E-state index < -0.39 is 0 Å². The molecule has 1 aromatic heterocycles. The fourth-order valence-corrected chi connectivity index (χ4v) is 5.33. The van der Waals surface area contributed by atoms with Gasteiger partial charge in [-0.3, -0.25) is 4.79 Å². The lowest BCUT2D eigenvalue weighted by molar-refractivity contribution is -0.118. The highest BCUT2D eigenvalue weighted by Gasteiger charge is 2.25. The fourth-order valence-electron chi connectivity index (χ4n) is 4.37. The fraction of sp³-hybridized carbons (Fsp3) is 0.357. The highest BCUT2D eigenvalue weighted by Crippen LogP contribution is 2.41. The van der Waals surface area contributed by atoms with Crippen molar-refractivity contribution >= 4 is 17.1 Å². The lowest BCUT2D eigenvalue weighted by atomic mass is 10.0. The predicted molar refractivity (Wildman–Crippen MR) is 136 cm³/mol. The van der Waals surface area contributed by atoms with E-state index in [0.717, 1.165) is 46.0 Å². The van der Waals surface area contributed by atoms with E-state index in [0.29, 0.717) is 13.0 Å². The van der Waals surface area contributed by atoms with Crippen LogP contribution in [0.15, 0.2) is 42.6 Å². The number of aromatic nitrogens is 1. The first kappa shape index (κ1) is 23.2. The summed E-state index contributed by atoms with van der Waals surface area (Å²) in [5.41, 5.74) is 5.63. The van der Waals surface area contributed by atoms with Gasteiger partial charge in [0.15, 0.2) is 0 Å². The number of nitrogens with one attached hydrogen (secondary N) is 1. The molecule has 0 amide bonds. The molecule has 0 fully saturated rings. The lowest BCUT2D eigenvalue weighted by Crippen LogP contribution is -2.26. The van der Waals surface area contributed by atoms with Crippen LogP contribution >= 0.6 is 11.3 Å². The van der Waals surface area contributed by atoms with E-state index in [1.807, 2.05) is 45.2 Å². The van der Waals surface area contributed by atoms with Gasteiger partial charge in [0.2, 0.25) is 0 Å². The Hall–Kier alpha value is -2.94. The third kappa shape index (κ3) is 5.19. The second-order valence-corrected chi connectivity index (χ2v) is 9.72. The average Bonchev–Trinajstić information content (AvgIpc) is 3.45. The van der Waals surface area contributed by atoms with Gasteiger partial charge in [0.05, 0.1) is 23.1 Å². The molecule has 0 radical (unpaired) electrons. The molecule has 170 valence electrons. The van der Waals surface area contributed by atoms with E-state index >= 15 is 0 Å². The molecule has 1 aliphatic rings. The standard InChI is InChI=1S/C28H30N2O2S/c1-5-8-21(31)16-29-25-13-12-22-23(25)9-7-10-24(22)27-17-30-28(33-27)20-11-14-26(32-18(3)4)19(6-2)15-20/h2,7,9-11,14-15,17-18,25,29H,5,8,12-13,16H2,1,3-4H3. The molecule has 0 saturated carbocycles. The second-order valence-electron chi connectivity index (χ2n) is 8.69. The van der Waals surface area contributed by atoms with Gasteiger partial charge in [-0.15, -0.1) is 17.8 Å². The Balaban J connectivity index is 1.57. The molecule has 0 aliphatic heterocycles. The summed E-state index contributed by atoms with van der Waals surface area (Å²) >= 11 is 1.68. The number of nitrogens with zero attached hydrogens (tertiary/aromatic N) is 1. The van der Waals surface area contributed by atoms with Crippen molar-refractivity contribution < 1.29 is 9.53 Å². The maximum atomic E-state index is 12.0. The minimum absolute atomic E-state index is 0.0673. The molecule has 0 spiro atoms. The van der Waals surface area contributed by atoms with Gasteiger partial charge in [0, 0.05) is 24.2 Å². The summed E-state index contributed by atoms with van der Waals surface area (Å²) < 4.78 is 5.82. The molecule has 0 saturated heterocycles. The minimum Gasteiger partial charge on any atom is -0.490 e. The van der Waals surface area contributed by atoms with Crippen LogP contribution in [0.5, 0.6) is 5.75 Å². The van der Waals surface area contributed by atoms with Crippen LogP contribution < -0.4 is 10.1 Å². The van der Waals surface area contributed by atoms with Gasteiger partial charge in [-0.25, -0.2) is 4.98 Å². The Labute approximate surface area is 200 Å². The number of ketones is 1. The van der Waals surface area contributed by atoms with Crippen molar-refractivity contribution in [1.29, 1.82) is 0 Å². The average molecular weight is 459 g/mol. The van der Waals surface area contributed by atoms with Crippen molar-refractivity contribution in [3.63, 3.8) is 0 Å². The monoisotopic (exact) mass is 458 g/mol. The van der Waals surface area contributed by atoms with Gasteiger partial charge in [-0.2, -0.15) is 0 Å². The maximum absolute atomic E-state index is 12.0. The number of terminal acetylenes is 1. The Bertz CT molecular complexity index is 1190. The van der Waals surface area contributed by atoms with Gasteiger partial charge in [0.25, 0.3) is 0 Å². The molecule has 0 bridgehead atoms. The van der Waals surface area contributed by atoms with E-state index in [1.54, 1.807) is 11.3 Å². The smallest absolute Gasteiger partial charge is 0.146 e. The van der Waals surface area contributed by atoms with Crippen molar-refractivity contribution in [3.05, 3.63) is 59.3 Å². The molecule has 3 aromatic rings. The first-order valence-electron chi connectivity index (χ1n) is 11.6. The number of hydrogen-bond donors (Lipinski definition) is 1. The van der Waals surface area contributed by atoms with E-state index in [-0.39, 0.29) is 17.9 Å².